The third-order valence-corrected chi connectivity index (χ3v) is 27.7. The molecule has 13 rings (SSSR count). The van der Waals surface area contributed by atoms with Gasteiger partial charge in [-0.15, -0.1) is 0 Å². The van der Waals surface area contributed by atoms with Crippen molar-refractivity contribution in [3.63, 3.8) is 0 Å². The molecular weight excluding hydrogens is 1810 g/mol. The van der Waals surface area contributed by atoms with Crippen molar-refractivity contribution in [3.8, 4) is 0 Å². The number of methoxy groups -OCH3 is 1. The second kappa shape index (κ2) is 68.7. The van der Waals surface area contributed by atoms with Gasteiger partial charge < -0.3 is 86.8 Å². The highest BCUT2D eigenvalue weighted by atomic mass is 16.5. The van der Waals surface area contributed by atoms with Crippen LogP contribution in [0, 0.1) is 11.8 Å². The fourth-order valence-electron chi connectivity index (χ4n) is 19.7. The Morgan fingerprint density at radius 3 is 0.924 bits per heavy atom. The number of fused-ring (bicyclic) bond motifs is 2. The average Bonchev–Trinajstić information content (AvgIpc) is 1.63. The second-order valence-corrected chi connectivity index (χ2v) is 52.1. The van der Waals surface area contributed by atoms with Crippen LogP contribution in [-0.4, -0.2) is 405 Å². The fourth-order valence-corrected chi connectivity index (χ4v) is 19.7. The predicted molar refractivity (Wildman–Crippen MR) is 614 cm³/mol. The zero-order valence-electron chi connectivity index (χ0n) is 100.0. The lowest BCUT2D eigenvalue weighted by molar-refractivity contribution is -0.0434. The molecule has 3 aromatic carbocycles. The van der Waals surface area contributed by atoms with Gasteiger partial charge in [-0.25, -0.2) is 0 Å². The number of piperazine rings is 2. The van der Waals surface area contributed by atoms with Crippen molar-refractivity contribution in [3.05, 3.63) is 113 Å². The molecule has 22 heteroatoms. The first-order valence-corrected chi connectivity index (χ1v) is 57.8. The SMILES string of the molecule is CC(C)(C)OCCN1CCC(O)(Cc2ccccc2)CC1.CC(C)(C)OCCN1CCC(c2ccccc2)CC1.CC(C)(C)OCCN1CCC2=C(Cc3ccccc32)C1.CC(C)(C)OCCN1CCCCC1.CC(C)(C)OCCN1CCCCC1.CC(C)(C)OCCN1CCCCC1.CC1CC(C)CN(CCOC(C)(C)C)C1.CN1CCN(CCOC(C)(C)C)CC1.COCCN1CCN(CCOC(C)(C)C)CC1. The molecule has 8 saturated heterocycles. The van der Waals surface area contributed by atoms with E-state index in [0.29, 0.717) is 0 Å². The minimum atomic E-state index is -0.539. The van der Waals surface area contributed by atoms with Crippen LogP contribution in [0.2, 0.25) is 0 Å². The summed E-state index contributed by atoms with van der Waals surface area (Å²) in [6.07, 6.45) is 21.2. The van der Waals surface area contributed by atoms with Crippen molar-refractivity contribution >= 4 is 5.57 Å². The molecule has 145 heavy (non-hydrogen) atoms. The maximum Gasteiger partial charge on any atom is 0.0712 e. The lowest BCUT2D eigenvalue weighted by atomic mass is 9.85. The average molecular weight is 2040 g/mol. The van der Waals surface area contributed by atoms with Gasteiger partial charge in [0.1, 0.15) is 0 Å². The van der Waals surface area contributed by atoms with E-state index in [1.807, 2.05) is 18.2 Å². The molecule has 9 heterocycles. The Hall–Kier alpha value is -3.48. The van der Waals surface area contributed by atoms with Crippen LogP contribution in [0.1, 0.15) is 325 Å². The zero-order valence-corrected chi connectivity index (χ0v) is 100.0. The minimum Gasteiger partial charge on any atom is -0.389 e. The van der Waals surface area contributed by atoms with Crippen molar-refractivity contribution in [2.24, 2.45) is 11.8 Å². The lowest BCUT2D eigenvalue weighted by Crippen LogP contribution is -2.48. The van der Waals surface area contributed by atoms with Gasteiger partial charge in [-0.1, -0.05) is 118 Å². The predicted octanol–water partition coefficient (Wildman–Crippen LogP) is 21.8. The van der Waals surface area contributed by atoms with Crippen molar-refractivity contribution < 1.29 is 52.5 Å². The van der Waals surface area contributed by atoms with Gasteiger partial charge in [0.2, 0.25) is 0 Å². The molecule has 22 nitrogen and oxygen atoms in total. The monoisotopic (exact) mass is 2040 g/mol. The number of aliphatic hydroxyl groups is 1. The number of hydrogen-bond acceptors (Lipinski definition) is 22. The van der Waals surface area contributed by atoms with E-state index >= 15 is 0 Å². The maximum absolute atomic E-state index is 10.7. The third kappa shape index (κ3) is 68.4. The van der Waals surface area contributed by atoms with Crippen LogP contribution in [0.5, 0.6) is 0 Å². The van der Waals surface area contributed by atoms with Crippen molar-refractivity contribution in [1.29, 1.82) is 0 Å². The van der Waals surface area contributed by atoms with Gasteiger partial charge in [0.05, 0.1) is 122 Å². The van der Waals surface area contributed by atoms with Gasteiger partial charge in [-0.2, -0.15) is 0 Å². The summed E-state index contributed by atoms with van der Waals surface area (Å²) in [6.45, 7) is 107. The molecule has 3 aromatic rings. The Bertz CT molecular complexity index is 3620. The van der Waals surface area contributed by atoms with E-state index in [9.17, 15) is 5.11 Å². The molecule has 0 spiro atoms. The smallest absolute Gasteiger partial charge is 0.0712 e. The van der Waals surface area contributed by atoms with Gasteiger partial charge in [0.25, 0.3) is 0 Å². The number of piperidine rings is 6. The molecule has 0 saturated carbocycles. The van der Waals surface area contributed by atoms with E-state index in [0.717, 1.165) is 221 Å². The molecule has 10 aliphatic rings. The van der Waals surface area contributed by atoms with Crippen molar-refractivity contribution in [1.82, 2.24) is 53.9 Å². The largest absolute Gasteiger partial charge is 0.389 e. The quantitative estimate of drug-likeness (QED) is 0.0616. The van der Waals surface area contributed by atoms with E-state index in [4.69, 9.17) is 47.4 Å². The maximum atomic E-state index is 10.7. The highest BCUT2D eigenvalue weighted by Gasteiger charge is 2.34. The summed E-state index contributed by atoms with van der Waals surface area (Å²) < 4.78 is 56.8. The van der Waals surface area contributed by atoms with Crippen molar-refractivity contribution in [2.75, 3.05) is 290 Å². The van der Waals surface area contributed by atoms with E-state index in [2.05, 4.69) is 328 Å². The van der Waals surface area contributed by atoms with Crippen LogP contribution >= 0.6 is 0 Å². The van der Waals surface area contributed by atoms with Gasteiger partial charge in [0.15, 0.2) is 0 Å². The number of rotatable bonds is 33. The van der Waals surface area contributed by atoms with Gasteiger partial charge in [-0.3, -0.25) is 19.6 Å². The van der Waals surface area contributed by atoms with Gasteiger partial charge in [0, 0.05) is 171 Å². The summed E-state index contributed by atoms with van der Waals surface area (Å²) in [7, 11) is 3.95. The number of likely N-dealkylation sites (N-methyl/N-ethyl adjacent to an activating group) is 1. The lowest BCUT2D eigenvalue weighted by Gasteiger charge is -2.38. The van der Waals surface area contributed by atoms with Crippen LogP contribution < -0.4 is 0 Å². The van der Waals surface area contributed by atoms with E-state index in [1.165, 1.54) is 204 Å². The minimum absolute atomic E-state index is 0.00653. The molecule has 0 amide bonds. The number of likely N-dealkylation sites (tertiary alicyclic amines) is 6. The summed E-state index contributed by atoms with van der Waals surface area (Å²) in [4.78, 5) is 27.3. The summed E-state index contributed by atoms with van der Waals surface area (Å²) in [5.74, 6) is 2.45. The highest BCUT2D eigenvalue weighted by molar-refractivity contribution is 5.77. The first-order chi connectivity index (χ1) is 68.0. The molecule has 1 N–H and O–H groups in total. The molecule has 9 aliphatic heterocycles. The molecule has 0 bridgehead atoms. The number of benzene rings is 3. The standard InChI is InChI=1S/C18H29NO2.C18H25NO.C17H27NO.C13H28N2O2.C13H27NO.C11H24N2O.3C11H23NO/c1-17(2,3)21-14-13-19-11-9-18(20,10-12-19)15-16-7-5-4-6-8-16;1-18(2,3)20-11-10-19-9-8-17-15(13-19)12-14-6-4-5-7-16(14)17;1-17(2,3)19-14-13-18-11-9-16(10-12-18)15-7-5-4-6-8-15;1-13(2,3)17-12-10-15-7-5-14(6-8-15)9-11-16-4;1-11-8-12(2)10-14(9-11)6-7-15-13(3,4)5;1-11(2,3)14-10-9-13-7-5-12(4)6-8-13;3*1-11(2,3)13-10-9-12-7-5-4-6-8-12/h4-8,20H,9-15H2,1-3H3;4-7H,8-13H2,1-3H3;4-8,16H,9-14H2,1-3H3;5-12H2,1-4H3;11-12H,6-10H2,1-5H3;5-10H2,1-4H3;3*4-10H2,1-3H3. The van der Waals surface area contributed by atoms with E-state index in [-0.39, 0.29) is 50.4 Å². The third-order valence-electron chi connectivity index (χ3n) is 27.7. The summed E-state index contributed by atoms with van der Waals surface area (Å²) in [6, 6.07) is 30.1. The second-order valence-electron chi connectivity index (χ2n) is 52.1. The number of nitrogens with zero attached hydrogens (tertiary/aromatic N) is 11. The molecule has 0 aromatic heterocycles. The fraction of sp³-hybridized carbons (Fsp3) is 0.837. The van der Waals surface area contributed by atoms with Crippen LogP contribution in [0.4, 0.5) is 0 Å². The number of ether oxygens (including phenoxy) is 10. The topological polar surface area (TPSA) is 148 Å². The molecular formula is C123H229N11O11. The van der Waals surface area contributed by atoms with Crippen molar-refractivity contribution in [2.45, 2.75) is 372 Å². The molecule has 0 radical (unpaired) electrons. The molecule has 842 valence electrons. The molecule has 8 fully saturated rings. The summed E-state index contributed by atoms with van der Waals surface area (Å²) in [5.41, 5.74) is 8.44. The zero-order chi connectivity index (χ0) is 107. The summed E-state index contributed by atoms with van der Waals surface area (Å²) >= 11 is 0. The Labute approximate surface area is 892 Å². The highest BCUT2D eigenvalue weighted by Crippen LogP contribution is 2.38. The van der Waals surface area contributed by atoms with Crippen LogP contribution in [0.15, 0.2) is 90.5 Å². The molecule has 1 aliphatic carbocycles. The Balaban J connectivity index is 0.000000289. The van der Waals surface area contributed by atoms with E-state index in [1.54, 1.807) is 18.3 Å². The number of hydrogen-bond donors (Lipinski definition) is 1. The van der Waals surface area contributed by atoms with Crippen LogP contribution in [0.3, 0.4) is 0 Å². The molecule has 2 atom stereocenters. The van der Waals surface area contributed by atoms with Gasteiger partial charge in [-0.05, 0) is 381 Å². The Morgan fingerprint density at radius 1 is 0.303 bits per heavy atom. The Morgan fingerprint density at radius 2 is 0.586 bits per heavy atom. The Kier molecular flexibility index (Phi) is 62.5. The first-order valence-electron chi connectivity index (χ1n) is 57.8. The first kappa shape index (κ1) is 132. The summed E-state index contributed by atoms with van der Waals surface area (Å²) in [5, 5.41) is 10.7. The van der Waals surface area contributed by atoms with E-state index < -0.39 is 5.60 Å². The normalized spacial score (nSPS) is 20.9. The van der Waals surface area contributed by atoms with Gasteiger partial charge >= 0.3 is 0 Å². The van der Waals surface area contributed by atoms with Crippen LogP contribution in [0.25, 0.3) is 5.57 Å². The molecule has 2 unspecified atom stereocenters. The van der Waals surface area contributed by atoms with Crippen LogP contribution in [-0.2, 0) is 60.2 Å².